The molecule has 0 atom stereocenters. The van der Waals surface area contributed by atoms with Gasteiger partial charge in [-0.3, -0.25) is 14.2 Å². The minimum absolute atomic E-state index is 0.104. The predicted octanol–water partition coefficient (Wildman–Crippen LogP) is 0.939. The summed E-state index contributed by atoms with van der Waals surface area (Å²) in [6, 6.07) is 1.78. The van der Waals surface area contributed by atoms with E-state index < -0.39 is 5.97 Å². The number of rotatable bonds is 2. The van der Waals surface area contributed by atoms with Gasteiger partial charge >= 0.3 is 5.97 Å². The van der Waals surface area contributed by atoms with Gasteiger partial charge in [-0.2, -0.15) is 0 Å². The number of aromatic nitrogens is 2. The van der Waals surface area contributed by atoms with Gasteiger partial charge in [0.05, 0.1) is 18.8 Å². The quantitative estimate of drug-likeness (QED) is 0.730. The van der Waals surface area contributed by atoms with Crippen molar-refractivity contribution >= 4 is 27.5 Å². The van der Waals surface area contributed by atoms with Crippen LogP contribution in [0.25, 0.3) is 10.2 Å². The summed E-state index contributed by atoms with van der Waals surface area (Å²) in [5.41, 5.74) is -0.209. The molecule has 0 spiro atoms. The third-order valence-corrected chi connectivity index (χ3v) is 3.13. The highest BCUT2D eigenvalue weighted by Crippen LogP contribution is 2.19. The number of thiophene rings is 1. The van der Waals surface area contributed by atoms with Gasteiger partial charge in [-0.05, 0) is 13.0 Å². The average molecular weight is 238 g/mol. The Bertz CT molecular complexity index is 600. The molecular weight excluding hydrogens is 228 g/mol. The van der Waals surface area contributed by atoms with Crippen molar-refractivity contribution in [1.29, 1.82) is 0 Å². The molecule has 0 radical (unpaired) electrons. The van der Waals surface area contributed by atoms with Gasteiger partial charge in [-0.25, -0.2) is 4.98 Å². The lowest BCUT2D eigenvalue weighted by Gasteiger charge is -2.02. The fourth-order valence-electron chi connectivity index (χ4n) is 1.40. The lowest BCUT2D eigenvalue weighted by atomic mass is 10.4. The second-order valence-electron chi connectivity index (χ2n) is 3.33. The van der Waals surface area contributed by atoms with E-state index >= 15 is 0 Å². The number of nitrogens with zero attached hydrogens (tertiary/aromatic N) is 2. The molecule has 6 heteroatoms. The van der Waals surface area contributed by atoms with Crippen molar-refractivity contribution in [2.24, 2.45) is 0 Å². The highest BCUT2D eigenvalue weighted by molar-refractivity contribution is 7.18. The summed E-state index contributed by atoms with van der Waals surface area (Å²) in [5, 5.41) is 0.550. The molecule has 0 fully saturated rings. The van der Waals surface area contributed by atoms with Gasteiger partial charge in [0.1, 0.15) is 11.4 Å². The number of carbonyl (C=O) groups excluding carboxylic acids is 1. The SMILES string of the molecule is COC(=O)Cn1cnc2sc(C)cc2c1=O. The van der Waals surface area contributed by atoms with Gasteiger partial charge in [0.15, 0.2) is 0 Å². The van der Waals surface area contributed by atoms with E-state index in [0.29, 0.717) is 10.2 Å². The van der Waals surface area contributed by atoms with Crippen LogP contribution in [0.4, 0.5) is 0 Å². The third-order valence-electron chi connectivity index (χ3n) is 2.17. The maximum atomic E-state index is 11.9. The molecule has 0 saturated heterocycles. The number of carbonyl (C=O) groups is 1. The van der Waals surface area contributed by atoms with Gasteiger partial charge in [0.25, 0.3) is 5.56 Å². The van der Waals surface area contributed by atoms with Crippen molar-refractivity contribution in [2.75, 3.05) is 7.11 Å². The number of fused-ring (bicyclic) bond motifs is 1. The Morgan fingerprint density at radius 2 is 2.38 bits per heavy atom. The summed E-state index contributed by atoms with van der Waals surface area (Å²) in [6.07, 6.45) is 1.37. The van der Waals surface area contributed by atoms with Gasteiger partial charge in [0, 0.05) is 4.88 Å². The van der Waals surface area contributed by atoms with Crippen LogP contribution in [-0.4, -0.2) is 22.6 Å². The lowest BCUT2D eigenvalue weighted by Crippen LogP contribution is -2.24. The van der Waals surface area contributed by atoms with E-state index in [2.05, 4.69) is 9.72 Å². The summed E-state index contributed by atoms with van der Waals surface area (Å²) in [7, 11) is 1.29. The molecule has 0 amide bonds. The van der Waals surface area contributed by atoms with E-state index in [1.54, 1.807) is 6.07 Å². The monoisotopic (exact) mass is 238 g/mol. The van der Waals surface area contributed by atoms with E-state index in [1.807, 2.05) is 6.92 Å². The largest absolute Gasteiger partial charge is 0.468 e. The highest BCUT2D eigenvalue weighted by Gasteiger charge is 2.09. The number of hydrogen-bond acceptors (Lipinski definition) is 5. The lowest BCUT2D eigenvalue weighted by molar-refractivity contribution is -0.141. The molecule has 0 aliphatic rings. The molecule has 0 aliphatic carbocycles. The fourth-order valence-corrected chi connectivity index (χ4v) is 2.23. The van der Waals surface area contributed by atoms with E-state index in [0.717, 1.165) is 4.88 Å². The molecule has 2 heterocycles. The molecule has 0 unspecified atom stereocenters. The fraction of sp³-hybridized carbons (Fsp3) is 0.300. The molecule has 2 aromatic rings. The van der Waals surface area contributed by atoms with Crippen LogP contribution >= 0.6 is 11.3 Å². The normalized spacial score (nSPS) is 10.6. The van der Waals surface area contributed by atoms with E-state index in [9.17, 15) is 9.59 Å². The highest BCUT2D eigenvalue weighted by atomic mass is 32.1. The van der Waals surface area contributed by atoms with Gasteiger partial charge in [-0.15, -0.1) is 11.3 Å². The van der Waals surface area contributed by atoms with Crippen LogP contribution in [0.3, 0.4) is 0 Å². The van der Waals surface area contributed by atoms with Crippen LogP contribution < -0.4 is 5.56 Å². The molecule has 0 bridgehead atoms. The van der Waals surface area contributed by atoms with E-state index in [4.69, 9.17) is 0 Å². The Labute approximate surface area is 95.3 Å². The second-order valence-corrected chi connectivity index (χ2v) is 4.56. The Kier molecular flexibility index (Phi) is 2.74. The number of esters is 1. The molecule has 0 aromatic carbocycles. The van der Waals surface area contributed by atoms with Crippen LogP contribution in [-0.2, 0) is 16.1 Å². The summed E-state index contributed by atoms with van der Waals surface area (Å²) >= 11 is 1.46. The van der Waals surface area contributed by atoms with Gasteiger partial charge in [0.2, 0.25) is 0 Å². The zero-order valence-electron chi connectivity index (χ0n) is 8.89. The summed E-state index contributed by atoms with van der Waals surface area (Å²) in [5.74, 6) is -0.463. The Hall–Kier alpha value is -1.69. The van der Waals surface area contributed by atoms with Crippen molar-refractivity contribution in [3.63, 3.8) is 0 Å². The van der Waals surface area contributed by atoms with Crippen molar-refractivity contribution in [3.8, 4) is 0 Å². The van der Waals surface area contributed by atoms with E-state index in [-0.39, 0.29) is 12.1 Å². The number of aryl methyl sites for hydroxylation is 1. The van der Waals surface area contributed by atoms with Crippen LogP contribution in [0.2, 0.25) is 0 Å². The Morgan fingerprint density at radius 3 is 3.06 bits per heavy atom. The van der Waals surface area contributed by atoms with Crippen LogP contribution in [0.5, 0.6) is 0 Å². The van der Waals surface area contributed by atoms with Crippen LogP contribution in [0.15, 0.2) is 17.2 Å². The molecule has 2 rings (SSSR count). The smallest absolute Gasteiger partial charge is 0.325 e. The molecule has 5 nitrogen and oxygen atoms in total. The van der Waals surface area contributed by atoms with Crippen molar-refractivity contribution in [1.82, 2.24) is 9.55 Å². The molecule has 84 valence electrons. The maximum Gasteiger partial charge on any atom is 0.325 e. The first-order valence-corrected chi connectivity index (χ1v) is 5.46. The third kappa shape index (κ3) is 1.83. The number of methoxy groups -OCH3 is 1. The predicted molar refractivity (Wildman–Crippen MR) is 60.6 cm³/mol. The second kappa shape index (κ2) is 4.05. The Balaban J connectivity index is 2.52. The first-order valence-electron chi connectivity index (χ1n) is 4.64. The summed E-state index contributed by atoms with van der Waals surface area (Å²) in [4.78, 5) is 28.8. The molecule has 0 saturated carbocycles. The first kappa shape index (κ1) is 10.8. The van der Waals surface area contributed by atoms with Crippen LogP contribution in [0, 0.1) is 6.92 Å². The van der Waals surface area contributed by atoms with Gasteiger partial charge < -0.3 is 4.74 Å². The molecule has 16 heavy (non-hydrogen) atoms. The molecule has 2 aromatic heterocycles. The topological polar surface area (TPSA) is 61.2 Å². The van der Waals surface area contributed by atoms with Crippen molar-refractivity contribution in [3.05, 3.63) is 27.6 Å². The molecule has 0 aliphatic heterocycles. The van der Waals surface area contributed by atoms with Crippen molar-refractivity contribution < 1.29 is 9.53 Å². The molecular formula is C10H10N2O3S. The van der Waals surface area contributed by atoms with Gasteiger partial charge in [-0.1, -0.05) is 0 Å². The zero-order chi connectivity index (χ0) is 11.7. The molecule has 0 N–H and O–H groups in total. The average Bonchev–Trinajstić information content (AvgIpc) is 2.64. The summed E-state index contributed by atoms with van der Waals surface area (Å²) < 4.78 is 5.75. The minimum atomic E-state index is -0.463. The Morgan fingerprint density at radius 1 is 1.62 bits per heavy atom. The number of hydrogen-bond donors (Lipinski definition) is 0. The number of ether oxygens (including phenoxy) is 1. The zero-order valence-corrected chi connectivity index (χ0v) is 9.71. The first-order chi connectivity index (χ1) is 7.61. The summed E-state index contributed by atoms with van der Waals surface area (Å²) in [6.45, 7) is 1.81. The van der Waals surface area contributed by atoms with Crippen molar-refractivity contribution in [2.45, 2.75) is 13.5 Å². The van der Waals surface area contributed by atoms with E-state index in [1.165, 1.54) is 29.3 Å². The van der Waals surface area contributed by atoms with Crippen LogP contribution in [0.1, 0.15) is 4.88 Å². The maximum absolute atomic E-state index is 11.9. The standard InChI is InChI=1S/C10H10N2O3S/c1-6-3-7-9(16-6)11-5-12(10(7)14)4-8(13)15-2/h3,5H,4H2,1-2H3. The minimum Gasteiger partial charge on any atom is -0.468 e.